The Morgan fingerprint density at radius 3 is 2.07 bits per heavy atom. The molecule has 15 heavy (non-hydrogen) atoms. The van der Waals surface area contributed by atoms with Crippen molar-refractivity contribution < 1.29 is 9.47 Å². The highest BCUT2D eigenvalue weighted by Gasteiger charge is 2.14. The second-order valence-corrected chi connectivity index (χ2v) is 3.64. The summed E-state index contributed by atoms with van der Waals surface area (Å²) in [5.74, 6) is 0. The molecule has 0 aliphatic rings. The molecule has 3 heteroatoms. The fourth-order valence-electron chi connectivity index (χ4n) is 1.49. The fourth-order valence-corrected chi connectivity index (χ4v) is 1.49. The van der Waals surface area contributed by atoms with Crippen LogP contribution in [0.2, 0.25) is 0 Å². The van der Waals surface area contributed by atoms with E-state index in [0.29, 0.717) is 0 Å². The van der Waals surface area contributed by atoms with Crippen LogP contribution in [0, 0.1) is 6.92 Å². The molecule has 0 aliphatic carbocycles. The second kappa shape index (κ2) is 5.73. The van der Waals surface area contributed by atoms with Crippen LogP contribution >= 0.6 is 0 Å². The number of ether oxygens (including phenoxy) is 2. The van der Waals surface area contributed by atoms with Crippen molar-refractivity contribution in [1.29, 1.82) is 0 Å². The third-order valence-electron chi connectivity index (χ3n) is 2.32. The lowest BCUT2D eigenvalue weighted by atomic mass is 10.2. The highest BCUT2D eigenvalue weighted by Crippen LogP contribution is 2.12. The SMILES string of the molecule is COC(OC)C(C)Nc1ccc(C)cc1. The summed E-state index contributed by atoms with van der Waals surface area (Å²) in [7, 11) is 3.28. The maximum atomic E-state index is 5.17. The minimum Gasteiger partial charge on any atom is -0.377 e. The molecule has 1 rings (SSSR count). The number of hydrogen-bond donors (Lipinski definition) is 1. The Bertz CT molecular complexity index is 280. The van der Waals surface area contributed by atoms with Crippen molar-refractivity contribution in [2.45, 2.75) is 26.2 Å². The molecular weight excluding hydrogens is 190 g/mol. The molecule has 1 aromatic rings. The molecular formula is C12H19NO2. The molecule has 0 spiro atoms. The molecule has 0 aliphatic heterocycles. The summed E-state index contributed by atoms with van der Waals surface area (Å²) in [6.07, 6.45) is -0.230. The molecule has 84 valence electrons. The molecule has 1 aromatic carbocycles. The van der Waals surface area contributed by atoms with E-state index in [1.54, 1.807) is 14.2 Å². The van der Waals surface area contributed by atoms with E-state index < -0.39 is 0 Å². The van der Waals surface area contributed by atoms with Crippen LogP contribution in [0.15, 0.2) is 24.3 Å². The van der Waals surface area contributed by atoms with Gasteiger partial charge in [0.05, 0.1) is 6.04 Å². The van der Waals surface area contributed by atoms with E-state index in [2.05, 4.69) is 24.4 Å². The molecule has 0 heterocycles. The fraction of sp³-hybridized carbons (Fsp3) is 0.500. The van der Waals surface area contributed by atoms with Crippen molar-refractivity contribution in [2.75, 3.05) is 19.5 Å². The Morgan fingerprint density at radius 1 is 1.07 bits per heavy atom. The van der Waals surface area contributed by atoms with E-state index in [1.807, 2.05) is 19.1 Å². The zero-order valence-electron chi connectivity index (χ0n) is 9.78. The van der Waals surface area contributed by atoms with Crippen LogP contribution in [0.1, 0.15) is 12.5 Å². The maximum absolute atomic E-state index is 5.17. The summed E-state index contributed by atoms with van der Waals surface area (Å²) in [6.45, 7) is 4.10. The molecule has 0 amide bonds. The van der Waals surface area contributed by atoms with Crippen LogP contribution in [-0.4, -0.2) is 26.6 Å². The molecule has 0 bridgehead atoms. The van der Waals surface area contributed by atoms with Gasteiger partial charge in [-0.2, -0.15) is 0 Å². The first-order chi connectivity index (χ1) is 7.17. The third-order valence-corrected chi connectivity index (χ3v) is 2.32. The average molecular weight is 209 g/mol. The zero-order valence-corrected chi connectivity index (χ0v) is 9.78. The minimum atomic E-state index is -0.230. The highest BCUT2D eigenvalue weighted by molar-refractivity contribution is 5.45. The molecule has 0 saturated heterocycles. The van der Waals surface area contributed by atoms with Gasteiger partial charge in [-0.05, 0) is 26.0 Å². The van der Waals surface area contributed by atoms with Crippen LogP contribution in [0.4, 0.5) is 5.69 Å². The van der Waals surface area contributed by atoms with E-state index in [0.717, 1.165) is 5.69 Å². The third kappa shape index (κ3) is 3.53. The van der Waals surface area contributed by atoms with Crippen molar-refractivity contribution in [2.24, 2.45) is 0 Å². The predicted molar refractivity (Wildman–Crippen MR) is 62.1 cm³/mol. The van der Waals surface area contributed by atoms with Gasteiger partial charge in [0.2, 0.25) is 0 Å². The second-order valence-electron chi connectivity index (χ2n) is 3.64. The lowest BCUT2D eigenvalue weighted by molar-refractivity contribution is -0.109. The summed E-state index contributed by atoms with van der Waals surface area (Å²) in [5.41, 5.74) is 2.33. The van der Waals surface area contributed by atoms with Crippen molar-refractivity contribution in [3.8, 4) is 0 Å². The number of benzene rings is 1. The minimum absolute atomic E-state index is 0.114. The van der Waals surface area contributed by atoms with Crippen molar-refractivity contribution >= 4 is 5.69 Å². The molecule has 0 saturated carbocycles. The molecule has 3 nitrogen and oxygen atoms in total. The van der Waals surface area contributed by atoms with Gasteiger partial charge in [-0.1, -0.05) is 17.7 Å². The van der Waals surface area contributed by atoms with Crippen molar-refractivity contribution in [1.82, 2.24) is 0 Å². The Balaban J connectivity index is 2.57. The van der Waals surface area contributed by atoms with E-state index in [4.69, 9.17) is 9.47 Å². The lowest BCUT2D eigenvalue weighted by Crippen LogP contribution is -2.33. The highest BCUT2D eigenvalue weighted by atomic mass is 16.7. The number of rotatable bonds is 5. The maximum Gasteiger partial charge on any atom is 0.176 e. The van der Waals surface area contributed by atoms with Gasteiger partial charge in [-0.15, -0.1) is 0 Å². The van der Waals surface area contributed by atoms with Gasteiger partial charge < -0.3 is 14.8 Å². The van der Waals surface area contributed by atoms with Crippen LogP contribution in [0.5, 0.6) is 0 Å². The van der Waals surface area contributed by atoms with E-state index >= 15 is 0 Å². The lowest BCUT2D eigenvalue weighted by Gasteiger charge is -2.23. The Morgan fingerprint density at radius 2 is 1.60 bits per heavy atom. The quantitative estimate of drug-likeness (QED) is 0.755. The molecule has 1 N–H and O–H groups in total. The van der Waals surface area contributed by atoms with Gasteiger partial charge in [0.25, 0.3) is 0 Å². The topological polar surface area (TPSA) is 30.5 Å². The number of methoxy groups -OCH3 is 2. The van der Waals surface area contributed by atoms with Crippen LogP contribution in [-0.2, 0) is 9.47 Å². The van der Waals surface area contributed by atoms with Crippen LogP contribution < -0.4 is 5.32 Å². The number of anilines is 1. The predicted octanol–water partition coefficient (Wildman–Crippen LogP) is 2.41. The van der Waals surface area contributed by atoms with E-state index in [9.17, 15) is 0 Å². The monoisotopic (exact) mass is 209 g/mol. The van der Waals surface area contributed by atoms with Gasteiger partial charge in [0.15, 0.2) is 6.29 Å². The summed E-state index contributed by atoms with van der Waals surface area (Å²) < 4.78 is 10.3. The smallest absolute Gasteiger partial charge is 0.176 e. The molecule has 0 aromatic heterocycles. The van der Waals surface area contributed by atoms with E-state index in [1.165, 1.54) is 5.56 Å². The van der Waals surface area contributed by atoms with Gasteiger partial charge >= 0.3 is 0 Å². The van der Waals surface area contributed by atoms with Gasteiger partial charge in [-0.25, -0.2) is 0 Å². The molecule has 0 radical (unpaired) electrons. The summed E-state index contributed by atoms with van der Waals surface area (Å²) in [4.78, 5) is 0. The number of aryl methyl sites for hydroxylation is 1. The van der Waals surface area contributed by atoms with Gasteiger partial charge in [-0.3, -0.25) is 0 Å². The Hall–Kier alpha value is -1.06. The van der Waals surface area contributed by atoms with Gasteiger partial charge in [0.1, 0.15) is 0 Å². The van der Waals surface area contributed by atoms with Crippen molar-refractivity contribution in [3.05, 3.63) is 29.8 Å². The first-order valence-corrected chi connectivity index (χ1v) is 5.06. The Kier molecular flexibility index (Phi) is 4.59. The zero-order chi connectivity index (χ0) is 11.3. The summed E-state index contributed by atoms with van der Waals surface area (Å²) in [5, 5.41) is 3.32. The Labute approximate surface area is 91.4 Å². The molecule has 0 fully saturated rings. The van der Waals surface area contributed by atoms with E-state index in [-0.39, 0.29) is 12.3 Å². The van der Waals surface area contributed by atoms with Crippen molar-refractivity contribution in [3.63, 3.8) is 0 Å². The summed E-state index contributed by atoms with van der Waals surface area (Å²) >= 11 is 0. The number of nitrogens with one attached hydrogen (secondary N) is 1. The first kappa shape index (κ1) is 12.0. The molecule has 1 unspecified atom stereocenters. The van der Waals surface area contributed by atoms with Crippen LogP contribution in [0.3, 0.4) is 0 Å². The average Bonchev–Trinajstić information content (AvgIpc) is 2.23. The first-order valence-electron chi connectivity index (χ1n) is 5.06. The molecule has 1 atom stereocenters. The normalized spacial score (nSPS) is 12.9. The standard InChI is InChI=1S/C12H19NO2/c1-9-5-7-11(8-6-9)13-10(2)12(14-3)15-4/h5-8,10,12-13H,1-4H3. The van der Waals surface area contributed by atoms with Crippen LogP contribution in [0.25, 0.3) is 0 Å². The van der Waals surface area contributed by atoms with Gasteiger partial charge in [0, 0.05) is 19.9 Å². The largest absolute Gasteiger partial charge is 0.377 e. The number of hydrogen-bond acceptors (Lipinski definition) is 3. The summed E-state index contributed by atoms with van der Waals surface area (Å²) in [6, 6.07) is 8.36.